The molecule has 0 amide bonds. The van der Waals surface area contributed by atoms with E-state index in [9.17, 15) is 0 Å². The maximum Gasteiger partial charge on any atom is 0.0409 e. The molecule has 0 saturated carbocycles. The Bertz CT molecular complexity index is 501. The first-order valence-electron chi connectivity index (χ1n) is 6.64. The van der Waals surface area contributed by atoms with Gasteiger partial charge in [-0.1, -0.05) is 53.6 Å². The first-order valence-corrected chi connectivity index (χ1v) is 7.02. The molecule has 2 heteroatoms. The van der Waals surface area contributed by atoms with Gasteiger partial charge in [0.1, 0.15) is 0 Å². The second-order valence-corrected chi connectivity index (χ2v) is 5.52. The summed E-state index contributed by atoms with van der Waals surface area (Å²) in [7, 11) is 0. The van der Waals surface area contributed by atoms with E-state index in [-0.39, 0.29) is 6.04 Å². The molecule has 0 aliphatic rings. The maximum absolute atomic E-state index is 6.04. The van der Waals surface area contributed by atoms with Crippen molar-refractivity contribution in [3.05, 3.63) is 70.2 Å². The van der Waals surface area contributed by atoms with Gasteiger partial charge in [0.15, 0.2) is 0 Å². The molecule has 19 heavy (non-hydrogen) atoms. The van der Waals surface area contributed by atoms with E-state index in [1.54, 1.807) is 0 Å². The highest BCUT2D eigenvalue weighted by Gasteiger charge is 2.11. The zero-order chi connectivity index (χ0) is 13.8. The van der Waals surface area contributed by atoms with Gasteiger partial charge in [-0.05, 0) is 44.0 Å². The van der Waals surface area contributed by atoms with Crippen LogP contribution in [0.25, 0.3) is 0 Å². The summed E-state index contributed by atoms with van der Waals surface area (Å²) in [5.41, 5.74) is 3.82. The first kappa shape index (κ1) is 14.1. The highest BCUT2D eigenvalue weighted by molar-refractivity contribution is 6.30. The van der Waals surface area contributed by atoms with Crippen LogP contribution in [0.1, 0.15) is 42.6 Å². The number of benzene rings is 2. The third-order valence-electron chi connectivity index (χ3n) is 3.39. The predicted octanol–water partition coefficient (Wildman–Crippen LogP) is 5.06. The van der Waals surface area contributed by atoms with Crippen molar-refractivity contribution < 1.29 is 0 Å². The molecule has 0 aliphatic heterocycles. The van der Waals surface area contributed by atoms with Crippen LogP contribution in [-0.4, -0.2) is 0 Å². The molecule has 2 aromatic rings. The molecule has 0 radical (unpaired) electrons. The fourth-order valence-electron chi connectivity index (χ4n) is 2.28. The van der Waals surface area contributed by atoms with Crippen LogP contribution in [0.5, 0.6) is 0 Å². The molecule has 0 bridgehead atoms. The summed E-state index contributed by atoms with van der Waals surface area (Å²) in [5, 5.41) is 4.39. The lowest BCUT2D eigenvalue weighted by Gasteiger charge is -2.21. The van der Waals surface area contributed by atoms with Gasteiger partial charge >= 0.3 is 0 Å². The van der Waals surface area contributed by atoms with Crippen LogP contribution in [0.4, 0.5) is 0 Å². The average Bonchev–Trinajstić information content (AvgIpc) is 2.38. The number of hydrogen-bond donors (Lipinski definition) is 1. The molecule has 1 nitrogen and oxygen atoms in total. The number of hydrogen-bond acceptors (Lipinski definition) is 1. The fraction of sp³-hybridized carbons (Fsp3) is 0.294. The Morgan fingerprint density at radius 1 is 0.895 bits per heavy atom. The Balaban J connectivity index is 2.08. The molecule has 2 rings (SSSR count). The molecule has 0 spiro atoms. The molecule has 0 saturated heterocycles. The Hall–Kier alpha value is -1.31. The highest BCUT2D eigenvalue weighted by Crippen LogP contribution is 2.22. The van der Waals surface area contributed by atoms with Gasteiger partial charge in [-0.2, -0.15) is 0 Å². The van der Waals surface area contributed by atoms with Crippen molar-refractivity contribution in [2.24, 2.45) is 0 Å². The van der Waals surface area contributed by atoms with Crippen molar-refractivity contribution in [1.29, 1.82) is 0 Å². The largest absolute Gasteiger partial charge is 0.304 e. The minimum absolute atomic E-state index is 0.272. The topological polar surface area (TPSA) is 12.0 Å². The van der Waals surface area contributed by atoms with E-state index in [1.165, 1.54) is 16.7 Å². The quantitative estimate of drug-likeness (QED) is 0.821. The molecule has 2 atom stereocenters. The lowest BCUT2D eigenvalue weighted by molar-refractivity contribution is 0.494. The normalized spacial score (nSPS) is 14.1. The lowest BCUT2D eigenvalue weighted by atomic mass is 10.0. The van der Waals surface area contributed by atoms with Crippen LogP contribution in [0.3, 0.4) is 0 Å². The number of halogens is 1. The van der Waals surface area contributed by atoms with Crippen LogP contribution in [-0.2, 0) is 0 Å². The van der Waals surface area contributed by atoms with E-state index in [0.29, 0.717) is 6.04 Å². The maximum atomic E-state index is 6.04. The summed E-state index contributed by atoms with van der Waals surface area (Å²) in [6.07, 6.45) is 0. The Morgan fingerprint density at radius 2 is 1.47 bits per heavy atom. The van der Waals surface area contributed by atoms with Crippen molar-refractivity contribution >= 4 is 11.6 Å². The second kappa shape index (κ2) is 6.23. The molecule has 2 aromatic carbocycles. The van der Waals surface area contributed by atoms with E-state index in [4.69, 9.17) is 11.6 Å². The Morgan fingerprint density at radius 3 is 2.05 bits per heavy atom. The third-order valence-corrected chi connectivity index (χ3v) is 3.63. The monoisotopic (exact) mass is 273 g/mol. The van der Waals surface area contributed by atoms with Gasteiger partial charge in [0.05, 0.1) is 0 Å². The molecular weight excluding hydrogens is 254 g/mol. The molecule has 0 fully saturated rings. The molecule has 0 aromatic heterocycles. The summed E-state index contributed by atoms with van der Waals surface area (Å²) in [6, 6.07) is 17.2. The van der Waals surface area contributed by atoms with E-state index in [0.717, 1.165) is 5.02 Å². The van der Waals surface area contributed by atoms with E-state index in [2.05, 4.69) is 56.4 Å². The first-order chi connectivity index (χ1) is 9.06. The van der Waals surface area contributed by atoms with Gasteiger partial charge in [0.25, 0.3) is 0 Å². The molecule has 2 unspecified atom stereocenters. The van der Waals surface area contributed by atoms with Gasteiger partial charge in [0, 0.05) is 17.1 Å². The van der Waals surface area contributed by atoms with Gasteiger partial charge in [-0.3, -0.25) is 0 Å². The zero-order valence-corrected chi connectivity index (χ0v) is 12.4. The van der Waals surface area contributed by atoms with Crippen LogP contribution in [0.2, 0.25) is 5.02 Å². The van der Waals surface area contributed by atoms with Crippen LogP contribution < -0.4 is 5.32 Å². The summed E-state index contributed by atoms with van der Waals surface area (Å²) < 4.78 is 0. The average molecular weight is 274 g/mol. The molecule has 1 N–H and O–H groups in total. The van der Waals surface area contributed by atoms with E-state index >= 15 is 0 Å². The summed E-state index contributed by atoms with van der Waals surface area (Å²) in [5.74, 6) is 0. The van der Waals surface area contributed by atoms with Gasteiger partial charge in [0.2, 0.25) is 0 Å². The Labute approximate surface area is 120 Å². The number of nitrogens with one attached hydrogen (secondary N) is 1. The van der Waals surface area contributed by atoms with Gasteiger partial charge in [-0.25, -0.2) is 0 Å². The molecule has 0 aliphatic carbocycles. The van der Waals surface area contributed by atoms with Crippen molar-refractivity contribution in [1.82, 2.24) is 5.32 Å². The number of rotatable bonds is 4. The minimum atomic E-state index is 0.272. The van der Waals surface area contributed by atoms with E-state index in [1.807, 2.05) is 18.2 Å². The van der Waals surface area contributed by atoms with Crippen LogP contribution in [0.15, 0.2) is 48.5 Å². The van der Waals surface area contributed by atoms with Crippen molar-refractivity contribution in [2.75, 3.05) is 0 Å². The van der Waals surface area contributed by atoms with Crippen molar-refractivity contribution in [3.8, 4) is 0 Å². The molecule has 0 heterocycles. The molecular formula is C17H20ClN. The lowest BCUT2D eigenvalue weighted by Crippen LogP contribution is -2.22. The summed E-state index contributed by atoms with van der Waals surface area (Å²) >= 11 is 6.04. The van der Waals surface area contributed by atoms with Gasteiger partial charge < -0.3 is 5.32 Å². The SMILES string of the molecule is Cc1cccc(C(C)NC(C)c2cccc(Cl)c2)c1. The van der Waals surface area contributed by atoms with Gasteiger partial charge in [-0.15, -0.1) is 0 Å². The third kappa shape index (κ3) is 3.82. The van der Waals surface area contributed by atoms with Crippen LogP contribution >= 0.6 is 11.6 Å². The smallest absolute Gasteiger partial charge is 0.0409 e. The Kier molecular flexibility index (Phi) is 4.62. The van der Waals surface area contributed by atoms with Crippen molar-refractivity contribution in [3.63, 3.8) is 0 Å². The summed E-state index contributed by atoms with van der Waals surface area (Å²) in [4.78, 5) is 0. The zero-order valence-electron chi connectivity index (χ0n) is 11.7. The van der Waals surface area contributed by atoms with Crippen LogP contribution in [0, 0.1) is 6.92 Å². The van der Waals surface area contributed by atoms with E-state index < -0.39 is 0 Å². The fourth-order valence-corrected chi connectivity index (χ4v) is 2.48. The standard InChI is InChI=1S/C17H20ClN/c1-12-6-4-7-15(10-12)13(2)19-14(3)16-8-5-9-17(18)11-16/h4-11,13-14,19H,1-3H3. The molecule has 100 valence electrons. The highest BCUT2D eigenvalue weighted by atomic mass is 35.5. The second-order valence-electron chi connectivity index (χ2n) is 5.08. The summed E-state index contributed by atoms with van der Waals surface area (Å²) in [6.45, 7) is 6.48. The number of aryl methyl sites for hydroxylation is 1. The predicted molar refractivity (Wildman–Crippen MR) is 82.6 cm³/mol. The minimum Gasteiger partial charge on any atom is -0.304 e. The van der Waals surface area contributed by atoms with Crippen molar-refractivity contribution in [2.45, 2.75) is 32.9 Å².